The third-order valence-corrected chi connectivity index (χ3v) is 5.16. The molecular formula is C23H16F6N4O2. The number of hydrogen-bond acceptors (Lipinski definition) is 6. The molecule has 4 rings (SSSR count). The fourth-order valence-electron chi connectivity index (χ4n) is 3.40. The number of benzene rings is 2. The molecule has 0 aliphatic heterocycles. The molecular weight excluding hydrogens is 478 g/mol. The van der Waals surface area contributed by atoms with Crippen molar-refractivity contribution in [3.63, 3.8) is 0 Å². The Balaban J connectivity index is 1.72. The molecule has 2 aromatic heterocycles. The molecule has 4 aromatic rings. The average molecular weight is 494 g/mol. The molecule has 0 amide bonds. The Hall–Kier alpha value is -3.77. The number of halogens is 6. The van der Waals surface area contributed by atoms with Crippen LogP contribution in [-0.4, -0.2) is 31.8 Å². The number of nitrogens with zero attached hydrogens (tertiary/aromatic N) is 3. The molecule has 0 spiro atoms. The Labute approximate surface area is 193 Å². The topological polar surface area (TPSA) is 91.2 Å². The van der Waals surface area contributed by atoms with E-state index in [1.54, 1.807) is 0 Å². The number of pyridine rings is 1. The smallest absolute Gasteiger partial charge is 0.393 e. The molecule has 6 nitrogen and oxygen atoms in total. The molecule has 1 atom stereocenters. The fraction of sp³-hybridized carbons (Fsp3) is 0.174. The number of fused-ring (bicyclic) bond motifs is 1. The molecule has 0 aliphatic carbocycles. The van der Waals surface area contributed by atoms with Crippen molar-refractivity contribution in [2.24, 2.45) is 0 Å². The first-order valence-electron chi connectivity index (χ1n) is 10.0. The van der Waals surface area contributed by atoms with E-state index in [2.05, 4.69) is 20.3 Å². The second-order valence-corrected chi connectivity index (χ2v) is 7.52. The van der Waals surface area contributed by atoms with Crippen molar-refractivity contribution < 1.29 is 36.6 Å². The van der Waals surface area contributed by atoms with E-state index < -0.39 is 41.9 Å². The SMILES string of the molecule is OC[C@H](O)c1cnc(-c2ccc3c(Nc4ccc(C(F)(F)F)cc4)ncnc3c2)c(C(F)(F)F)c1. The van der Waals surface area contributed by atoms with Crippen LogP contribution in [0.15, 0.2) is 61.1 Å². The van der Waals surface area contributed by atoms with Gasteiger partial charge in [0.05, 0.1) is 28.9 Å². The van der Waals surface area contributed by atoms with Crippen molar-refractivity contribution in [2.75, 3.05) is 11.9 Å². The molecule has 182 valence electrons. The van der Waals surface area contributed by atoms with Gasteiger partial charge in [0.15, 0.2) is 0 Å². The molecule has 12 heteroatoms. The zero-order chi connectivity index (χ0) is 25.4. The summed E-state index contributed by atoms with van der Waals surface area (Å²) in [4.78, 5) is 12.0. The van der Waals surface area contributed by atoms with Crippen molar-refractivity contribution in [3.05, 3.63) is 77.7 Å². The van der Waals surface area contributed by atoms with Gasteiger partial charge < -0.3 is 15.5 Å². The second-order valence-electron chi connectivity index (χ2n) is 7.52. The molecule has 2 aromatic carbocycles. The van der Waals surface area contributed by atoms with Crippen LogP contribution >= 0.6 is 0 Å². The first kappa shape index (κ1) is 24.4. The Bertz CT molecular complexity index is 1360. The highest BCUT2D eigenvalue weighted by Crippen LogP contribution is 2.38. The minimum Gasteiger partial charge on any atom is -0.393 e. The van der Waals surface area contributed by atoms with Crippen LogP contribution in [0.25, 0.3) is 22.2 Å². The molecule has 0 unspecified atom stereocenters. The molecule has 0 fully saturated rings. The van der Waals surface area contributed by atoms with Crippen molar-refractivity contribution >= 4 is 22.4 Å². The zero-order valence-electron chi connectivity index (χ0n) is 17.6. The number of anilines is 2. The van der Waals surface area contributed by atoms with Gasteiger partial charge in [0, 0.05) is 28.4 Å². The molecule has 2 heterocycles. The van der Waals surface area contributed by atoms with Crippen molar-refractivity contribution in [1.82, 2.24) is 15.0 Å². The van der Waals surface area contributed by atoms with E-state index in [9.17, 15) is 31.4 Å². The largest absolute Gasteiger partial charge is 0.418 e. The standard InChI is InChI=1S/C23H16F6N4O2/c24-22(25,26)14-2-4-15(5-3-14)33-21-16-6-1-12(8-18(16)31-11-32-21)20-17(23(27,28)29)7-13(9-30-20)19(35)10-34/h1-9,11,19,34-35H,10H2,(H,31,32,33)/t19-/m0/s1. The number of nitrogens with one attached hydrogen (secondary N) is 1. The van der Waals surface area contributed by atoms with E-state index in [1.807, 2.05) is 0 Å². The number of alkyl halides is 6. The van der Waals surface area contributed by atoms with E-state index in [4.69, 9.17) is 5.11 Å². The molecule has 0 saturated carbocycles. The lowest BCUT2D eigenvalue weighted by atomic mass is 10.0. The second kappa shape index (κ2) is 9.12. The summed E-state index contributed by atoms with van der Waals surface area (Å²) >= 11 is 0. The summed E-state index contributed by atoms with van der Waals surface area (Å²) in [5, 5.41) is 22.0. The van der Waals surface area contributed by atoms with Crippen LogP contribution in [0.4, 0.5) is 37.8 Å². The number of aliphatic hydroxyl groups excluding tert-OH is 2. The number of hydrogen-bond donors (Lipinski definition) is 3. The van der Waals surface area contributed by atoms with Crippen LogP contribution in [0.3, 0.4) is 0 Å². The summed E-state index contributed by atoms with van der Waals surface area (Å²) in [5.74, 6) is 0.242. The maximum atomic E-state index is 13.7. The van der Waals surface area contributed by atoms with Gasteiger partial charge >= 0.3 is 12.4 Å². The summed E-state index contributed by atoms with van der Waals surface area (Å²) in [6.07, 6.45) is -8.57. The number of rotatable bonds is 5. The van der Waals surface area contributed by atoms with Gasteiger partial charge in [-0.25, -0.2) is 9.97 Å². The normalized spacial score (nSPS) is 13.1. The molecule has 0 radical (unpaired) electrons. The summed E-state index contributed by atoms with van der Waals surface area (Å²) in [5.41, 5.74) is -1.82. The minimum atomic E-state index is -4.79. The molecule has 3 N–H and O–H groups in total. The third kappa shape index (κ3) is 5.17. The predicted octanol–water partition coefficient (Wildman–Crippen LogP) is 5.50. The van der Waals surface area contributed by atoms with Gasteiger partial charge in [-0.1, -0.05) is 6.07 Å². The number of aliphatic hydroxyl groups is 2. The van der Waals surface area contributed by atoms with Gasteiger partial charge in [-0.05, 0) is 42.5 Å². The Morgan fingerprint density at radius 2 is 1.57 bits per heavy atom. The summed E-state index contributed by atoms with van der Waals surface area (Å²) < 4.78 is 79.5. The van der Waals surface area contributed by atoms with E-state index in [-0.39, 0.29) is 22.5 Å². The predicted molar refractivity (Wildman–Crippen MR) is 115 cm³/mol. The maximum absolute atomic E-state index is 13.7. The fourth-order valence-corrected chi connectivity index (χ4v) is 3.40. The van der Waals surface area contributed by atoms with Gasteiger partial charge in [0.1, 0.15) is 18.2 Å². The lowest BCUT2D eigenvalue weighted by molar-refractivity contribution is -0.138. The van der Waals surface area contributed by atoms with Crippen LogP contribution in [0, 0.1) is 0 Å². The maximum Gasteiger partial charge on any atom is 0.418 e. The Morgan fingerprint density at radius 1 is 0.857 bits per heavy atom. The first-order chi connectivity index (χ1) is 16.5. The van der Waals surface area contributed by atoms with Crippen LogP contribution in [0.1, 0.15) is 22.8 Å². The highest BCUT2D eigenvalue weighted by atomic mass is 19.4. The van der Waals surface area contributed by atoms with Crippen molar-refractivity contribution in [1.29, 1.82) is 0 Å². The summed E-state index contributed by atoms with van der Waals surface area (Å²) in [7, 11) is 0. The van der Waals surface area contributed by atoms with Crippen molar-refractivity contribution in [2.45, 2.75) is 18.5 Å². The van der Waals surface area contributed by atoms with Crippen LogP contribution < -0.4 is 5.32 Å². The molecule has 35 heavy (non-hydrogen) atoms. The Morgan fingerprint density at radius 3 is 2.20 bits per heavy atom. The van der Waals surface area contributed by atoms with Gasteiger partial charge in [0.25, 0.3) is 0 Å². The average Bonchev–Trinajstić information content (AvgIpc) is 2.82. The van der Waals surface area contributed by atoms with Gasteiger partial charge in [-0.3, -0.25) is 4.98 Å². The Kier molecular flexibility index (Phi) is 6.34. The van der Waals surface area contributed by atoms with Crippen LogP contribution in [-0.2, 0) is 12.4 Å². The van der Waals surface area contributed by atoms with E-state index in [1.165, 1.54) is 30.3 Å². The monoisotopic (exact) mass is 494 g/mol. The minimum absolute atomic E-state index is 0.0917. The third-order valence-electron chi connectivity index (χ3n) is 5.16. The highest BCUT2D eigenvalue weighted by molar-refractivity contribution is 5.93. The first-order valence-corrected chi connectivity index (χ1v) is 10.0. The zero-order valence-corrected chi connectivity index (χ0v) is 17.6. The van der Waals surface area contributed by atoms with Gasteiger partial charge in [-0.15, -0.1) is 0 Å². The van der Waals surface area contributed by atoms with E-state index in [0.717, 1.165) is 30.7 Å². The van der Waals surface area contributed by atoms with E-state index >= 15 is 0 Å². The summed E-state index contributed by atoms with van der Waals surface area (Å²) in [6, 6.07) is 9.22. The van der Waals surface area contributed by atoms with Crippen LogP contribution in [0.5, 0.6) is 0 Å². The highest BCUT2D eigenvalue weighted by Gasteiger charge is 2.35. The summed E-state index contributed by atoms with van der Waals surface area (Å²) in [6.45, 7) is -0.764. The molecule has 0 bridgehead atoms. The molecule has 0 saturated heterocycles. The van der Waals surface area contributed by atoms with E-state index in [0.29, 0.717) is 11.1 Å². The van der Waals surface area contributed by atoms with Gasteiger partial charge in [0.2, 0.25) is 0 Å². The quantitative estimate of drug-likeness (QED) is 0.318. The molecule has 0 aliphatic rings. The number of aromatic nitrogens is 3. The lowest BCUT2D eigenvalue weighted by Crippen LogP contribution is -2.12. The van der Waals surface area contributed by atoms with Crippen LogP contribution in [0.2, 0.25) is 0 Å². The van der Waals surface area contributed by atoms with Crippen molar-refractivity contribution in [3.8, 4) is 11.3 Å². The lowest BCUT2D eigenvalue weighted by Gasteiger charge is -2.16. The van der Waals surface area contributed by atoms with Gasteiger partial charge in [-0.2, -0.15) is 26.3 Å².